The van der Waals surface area contributed by atoms with E-state index in [2.05, 4.69) is 5.43 Å². The first-order chi connectivity index (χ1) is 12.8. The average Bonchev–Trinajstić information content (AvgIpc) is 2.89. The highest BCUT2D eigenvalue weighted by Crippen LogP contribution is 2.33. The maximum Gasteiger partial charge on any atom is 0.416 e. The molecule has 3 rings (SSSR count). The number of carbonyl (C=O) groups is 2. The molecule has 2 amide bonds. The third kappa shape index (κ3) is 4.37. The Morgan fingerprint density at radius 1 is 1.11 bits per heavy atom. The van der Waals surface area contributed by atoms with Gasteiger partial charge in [0.2, 0.25) is 0 Å². The summed E-state index contributed by atoms with van der Waals surface area (Å²) in [5, 5.41) is 0.911. The molecule has 1 heterocycles. The Kier molecular flexibility index (Phi) is 5.33. The molecule has 0 spiro atoms. The largest absolute Gasteiger partial charge is 0.416 e. The van der Waals surface area contributed by atoms with E-state index < -0.39 is 23.6 Å². The van der Waals surface area contributed by atoms with Gasteiger partial charge in [-0.15, -0.1) is 0 Å². The second-order valence-electron chi connectivity index (χ2n) is 5.45. The van der Waals surface area contributed by atoms with E-state index in [0.29, 0.717) is 5.56 Å². The van der Waals surface area contributed by atoms with Crippen LogP contribution in [-0.2, 0) is 11.0 Å². The molecule has 9 heteroatoms. The molecule has 1 aliphatic heterocycles. The number of alkyl halides is 3. The number of thioether (sulfide) groups is 1. The van der Waals surface area contributed by atoms with Crippen molar-refractivity contribution in [1.82, 2.24) is 10.4 Å². The highest BCUT2D eigenvalue weighted by Gasteiger charge is 2.34. The number of thiocarbonyl (C=S) groups is 1. The molecular formula is C18H11F3N2O2S2. The average molecular weight is 408 g/mol. The summed E-state index contributed by atoms with van der Waals surface area (Å²) in [6.45, 7) is 0. The number of hydrogen-bond acceptors (Lipinski definition) is 4. The minimum Gasteiger partial charge on any atom is -0.267 e. The van der Waals surface area contributed by atoms with Gasteiger partial charge in [0.25, 0.3) is 11.8 Å². The highest BCUT2D eigenvalue weighted by atomic mass is 32.2. The van der Waals surface area contributed by atoms with Crippen molar-refractivity contribution in [2.75, 3.05) is 0 Å². The van der Waals surface area contributed by atoms with Gasteiger partial charge in [-0.2, -0.15) is 18.2 Å². The van der Waals surface area contributed by atoms with Crippen LogP contribution in [0.2, 0.25) is 0 Å². The second-order valence-corrected chi connectivity index (χ2v) is 7.12. The summed E-state index contributed by atoms with van der Waals surface area (Å²) in [4.78, 5) is 24.8. The minimum atomic E-state index is -4.48. The number of nitrogens with one attached hydrogen (secondary N) is 1. The van der Waals surface area contributed by atoms with Gasteiger partial charge in [0.15, 0.2) is 4.32 Å². The van der Waals surface area contributed by atoms with E-state index in [1.165, 1.54) is 18.2 Å². The first-order valence-electron chi connectivity index (χ1n) is 7.57. The van der Waals surface area contributed by atoms with Crippen LogP contribution in [0, 0.1) is 0 Å². The molecule has 1 saturated heterocycles. The number of hydrazine groups is 1. The van der Waals surface area contributed by atoms with Crippen molar-refractivity contribution in [2.45, 2.75) is 6.18 Å². The Hall–Kier alpha value is -2.65. The lowest BCUT2D eigenvalue weighted by atomic mass is 10.1. The van der Waals surface area contributed by atoms with E-state index in [1.54, 1.807) is 30.3 Å². The SMILES string of the molecule is O=C(NN1C(=O)/C(=C\c2cccc(C(F)(F)F)c2)SC1=S)c1ccccc1. The van der Waals surface area contributed by atoms with E-state index in [9.17, 15) is 22.8 Å². The molecule has 0 radical (unpaired) electrons. The van der Waals surface area contributed by atoms with Crippen LogP contribution in [0.25, 0.3) is 6.08 Å². The summed E-state index contributed by atoms with van der Waals surface area (Å²) < 4.78 is 38.5. The van der Waals surface area contributed by atoms with Gasteiger partial charge in [-0.25, -0.2) is 0 Å². The molecular weight excluding hydrogens is 397 g/mol. The summed E-state index contributed by atoms with van der Waals surface area (Å²) in [5.41, 5.74) is 2.14. The first kappa shape index (κ1) is 19.1. The lowest BCUT2D eigenvalue weighted by Crippen LogP contribution is -2.44. The van der Waals surface area contributed by atoms with Crippen LogP contribution < -0.4 is 5.43 Å². The predicted molar refractivity (Wildman–Crippen MR) is 100 cm³/mol. The summed E-state index contributed by atoms with van der Waals surface area (Å²) in [7, 11) is 0. The van der Waals surface area contributed by atoms with Crippen LogP contribution in [-0.4, -0.2) is 21.1 Å². The Labute approximate surface area is 162 Å². The first-order valence-corrected chi connectivity index (χ1v) is 8.79. The number of nitrogens with zero attached hydrogens (tertiary/aromatic N) is 1. The molecule has 138 valence electrons. The van der Waals surface area contributed by atoms with E-state index in [0.717, 1.165) is 28.9 Å². The van der Waals surface area contributed by atoms with Crippen LogP contribution in [0.1, 0.15) is 21.5 Å². The second kappa shape index (κ2) is 7.53. The van der Waals surface area contributed by atoms with Gasteiger partial charge in [-0.1, -0.05) is 42.1 Å². The number of rotatable bonds is 3. The Balaban J connectivity index is 1.80. The molecule has 0 unspecified atom stereocenters. The van der Waals surface area contributed by atoms with Crippen molar-refractivity contribution in [3.8, 4) is 0 Å². The number of halogens is 3. The minimum absolute atomic E-state index is 0.0857. The normalized spacial score (nSPS) is 16.1. The maximum atomic E-state index is 12.8. The Morgan fingerprint density at radius 2 is 1.81 bits per heavy atom. The molecule has 0 atom stereocenters. The Morgan fingerprint density at radius 3 is 2.48 bits per heavy atom. The molecule has 0 bridgehead atoms. The molecule has 1 aliphatic rings. The van der Waals surface area contributed by atoms with E-state index in [4.69, 9.17) is 12.2 Å². The van der Waals surface area contributed by atoms with Crippen molar-refractivity contribution in [3.05, 3.63) is 76.2 Å². The number of hydrogen-bond donors (Lipinski definition) is 1. The molecule has 2 aromatic carbocycles. The number of amides is 2. The van der Waals surface area contributed by atoms with Crippen molar-refractivity contribution < 1.29 is 22.8 Å². The van der Waals surface area contributed by atoms with Crippen molar-refractivity contribution >= 4 is 46.2 Å². The van der Waals surface area contributed by atoms with Gasteiger partial charge in [0, 0.05) is 5.56 Å². The topological polar surface area (TPSA) is 49.4 Å². The van der Waals surface area contributed by atoms with Crippen LogP contribution >= 0.6 is 24.0 Å². The molecule has 0 aliphatic carbocycles. The van der Waals surface area contributed by atoms with Crippen molar-refractivity contribution in [3.63, 3.8) is 0 Å². The number of benzene rings is 2. The molecule has 27 heavy (non-hydrogen) atoms. The standard InChI is InChI=1S/C18H11F3N2O2S2/c19-18(20,21)13-8-4-5-11(9-13)10-14-16(25)23(17(26)27-14)22-15(24)12-6-2-1-3-7-12/h1-10H,(H,22,24)/b14-10+. The third-order valence-electron chi connectivity index (χ3n) is 3.55. The zero-order valence-corrected chi connectivity index (χ0v) is 15.1. The molecule has 1 N–H and O–H groups in total. The fraction of sp³-hybridized carbons (Fsp3) is 0.0556. The smallest absolute Gasteiger partial charge is 0.267 e. The van der Waals surface area contributed by atoms with Gasteiger partial charge >= 0.3 is 6.18 Å². The zero-order chi connectivity index (χ0) is 19.6. The van der Waals surface area contributed by atoms with Gasteiger partial charge in [-0.3, -0.25) is 15.0 Å². The van der Waals surface area contributed by atoms with Crippen LogP contribution in [0.5, 0.6) is 0 Å². The summed E-state index contributed by atoms with van der Waals surface area (Å²) >= 11 is 6.00. The van der Waals surface area contributed by atoms with E-state index in [1.807, 2.05) is 0 Å². The highest BCUT2D eigenvalue weighted by molar-refractivity contribution is 8.26. The molecule has 2 aromatic rings. The maximum absolute atomic E-state index is 12.8. The third-order valence-corrected chi connectivity index (χ3v) is 4.86. The van der Waals surface area contributed by atoms with Crippen LogP contribution in [0.15, 0.2) is 59.5 Å². The lowest BCUT2D eigenvalue weighted by Gasteiger charge is -2.15. The predicted octanol–water partition coefficient (Wildman–Crippen LogP) is 4.25. The molecule has 0 saturated carbocycles. The molecule has 1 fully saturated rings. The molecule has 0 aromatic heterocycles. The van der Waals surface area contributed by atoms with E-state index in [-0.39, 0.29) is 14.8 Å². The van der Waals surface area contributed by atoms with Gasteiger partial charge in [0.05, 0.1) is 10.5 Å². The zero-order valence-electron chi connectivity index (χ0n) is 13.5. The lowest BCUT2D eigenvalue weighted by molar-refractivity contribution is -0.137. The fourth-order valence-corrected chi connectivity index (χ4v) is 3.46. The van der Waals surface area contributed by atoms with Gasteiger partial charge < -0.3 is 0 Å². The Bertz CT molecular complexity index is 943. The molecule has 4 nitrogen and oxygen atoms in total. The van der Waals surface area contributed by atoms with Crippen molar-refractivity contribution in [2.24, 2.45) is 0 Å². The van der Waals surface area contributed by atoms with E-state index >= 15 is 0 Å². The van der Waals surface area contributed by atoms with Gasteiger partial charge in [0.1, 0.15) is 0 Å². The van der Waals surface area contributed by atoms with Crippen molar-refractivity contribution in [1.29, 1.82) is 0 Å². The number of carbonyl (C=O) groups excluding carboxylic acids is 2. The summed E-state index contributed by atoms with van der Waals surface area (Å²) in [5.74, 6) is -1.13. The summed E-state index contributed by atoms with van der Waals surface area (Å²) in [6.07, 6.45) is -3.17. The van der Waals surface area contributed by atoms with Gasteiger partial charge in [-0.05, 0) is 48.1 Å². The monoisotopic (exact) mass is 408 g/mol. The van der Waals surface area contributed by atoms with Crippen LogP contribution in [0.3, 0.4) is 0 Å². The fourth-order valence-electron chi connectivity index (χ4n) is 2.28. The quantitative estimate of drug-likeness (QED) is 0.609. The summed E-state index contributed by atoms with van der Waals surface area (Å²) in [6, 6.07) is 12.8. The van der Waals surface area contributed by atoms with Crippen LogP contribution in [0.4, 0.5) is 13.2 Å².